The summed E-state index contributed by atoms with van der Waals surface area (Å²) in [5, 5.41) is 3.00. The standard InChI is InChI=1S/C15H15BN2O/c1-10-7-13(16)8-11(2)15(10)17-9-12-5-3-4-6-14(12)18-19/h3-9H,16H2,1-2H3/b17-9+. The number of aliphatic imine (C=N–C) groups is 1. The maximum absolute atomic E-state index is 10.7. The highest BCUT2D eigenvalue weighted by atomic mass is 16.3. The lowest BCUT2D eigenvalue weighted by Crippen LogP contribution is -2.03. The second-order valence-electron chi connectivity index (χ2n) is 4.66. The molecule has 94 valence electrons. The number of nitrogens with zero attached hydrogens (tertiary/aromatic N) is 2. The van der Waals surface area contributed by atoms with Crippen LogP contribution in [0, 0.1) is 18.8 Å². The zero-order valence-corrected chi connectivity index (χ0v) is 11.3. The molecule has 2 aromatic rings. The van der Waals surface area contributed by atoms with E-state index in [0.717, 1.165) is 22.4 Å². The van der Waals surface area contributed by atoms with Crippen molar-refractivity contribution in [3.05, 3.63) is 58.0 Å². The molecule has 0 atom stereocenters. The molecule has 0 spiro atoms. The Morgan fingerprint density at radius 3 is 2.37 bits per heavy atom. The third kappa shape index (κ3) is 2.96. The Morgan fingerprint density at radius 1 is 1.11 bits per heavy atom. The molecular weight excluding hydrogens is 235 g/mol. The molecule has 3 nitrogen and oxygen atoms in total. The normalized spacial score (nSPS) is 10.8. The average molecular weight is 250 g/mol. The van der Waals surface area contributed by atoms with Gasteiger partial charge in [-0.05, 0) is 36.2 Å². The van der Waals surface area contributed by atoms with Gasteiger partial charge in [-0.15, -0.1) is 4.91 Å². The summed E-state index contributed by atoms with van der Waals surface area (Å²) in [6, 6.07) is 11.4. The van der Waals surface area contributed by atoms with Crippen LogP contribution in [-0.2, 0) is 0 Å². The minimum absolute atomic E-state index is 0.411. The SMILES string of the molecule is Bc1cc(C)c(/N=C/c2ccccc2N=O)c(C)c1. The number of hydrogen-bond acceptors (Lipinski definition) is 3. The van der Waals surface area contributed by atoms with Crippen molar-refractivity contribution in [2.75, 3.05) is 0 Å². The van der Waals surface area contributed by atoms with E-state index in [1.807, 2.05) is 26.0 Å². The van der Waals surface area contributed by atoms with Gasteiger partial charge in [0.25, 0.3) is 0 Å². The van der Waals surface area contributed by atoms with Crippen LogP contribution < -0.4 is 5.46 Å². The molecule has 0 saturated carbocycles. The van der Waals surface area contributed by atoms with Gasteiger partial charge in [0, 0.05) is 11.8 Å². The number of aryl methyl sites for hydroxylation is 2. The minimum atomic E-state index is 0.411. The largest absolute Gasteiger partial charge is 0.256 e. The maximum Gasteiger partial charge on any atom is 0.139 e. The average Bonchev–Trinajstić information content (AvgIpc) is 2.38. The van der Waals surface area contributed by atoms with Crippen LogP contribution in [0.25, 0.3) is 0 Å². The molecule has 0 heterocycles. The van der Waals surface area contributed by atoms with Crippen molar-refractivity contribution in [1.29, 1.82) is 0 Å². The van der Waals surface area contributed by atoms with Crippen molar-refractivity contribution in [3.63, 3.8) is 0 Å². The van der Waals surface area contributed by atoms with E-state index in [0.29, 0.717) is 5.69 Å². The monoisotopic (exact) mass is 250 g/mol. The summed E-state index contributed by atoms with van der Waals surface area (Å²) in [6.45, 7) is 4.08. The molecule has 0 aliphatic carbocycles. The van der Waals surface area contributed by atoms with E-state index in [-0.39, 0.29) is 0 Å². The van der Waals surface area contributed by atoms with Crippen LogP contribution >= 0.6 is 0 Å². The first-order valence-corrected chi connectivity index (χ1v) is 6.16. The molecule has 19 heavy (non-hydrogen) atoms. The van der Waals surface area contributed by atoms with Gasteiger partial charge in [0.1, 0.15) is 13.5 Å². The van der Waals surface area contributed by atoms with Crippen molar-refractivity contribution >= 4 is 30.9 Å². The number of nitroso groups, excluding NO2 is 1. The summed E-state index contributed by atoms with van der Waals surface area (Å²) < 4.78 is 0. The number of rotatable bonds is 3. The Kier molecular flexibility index (Phi) is 3.90. The van der Waals surface area contributed by atoms with E-state index >= 15 is 0 Å². The molecule has 0 bridgehead atoms. The molecule has 4 heteroatoms. The zero-order valence-electron chi connectivity index (χ0n) is 11.3. The third-order valence-corrected chi connectivity index (χ3v) is 3.00. The molecule has 0 saturated heterocycles. The van der Waals surface area contributed by atoms with E-state index in [1.54, 1.807) is 18.3 Å². The highest BCUT2D eigenvalue weighted by molar-refractivity contribution is 6.32. The van der Waals surface area contributed by atoms with Gasteiger partial charge >= 0.3 is 0 Å². The fourth-order valence-corrected chi connectivity index (χ4v) is 2.19. The van der Waals surface area contributed by atoms with Crippen LogP contribution in [0.4, 0.5) is 11.4 Å². The lowest BCUT2D eigenvalue weighted by atomic mass is 9.91. The first-order valence-electron chi connectivity index (χ1n) is 6.16. The van der Waals surface area contributed by atoms with Crippen LogP contribution in [0.2, 0.25) is 0 Å². The zero-order chi connectivity index (χ0) is 13.8. The van der Waals surface area contributed by atoms with Crippen LogP contribution in [0.3, 0.4) is 0 Å². The highest BCUT2D eigenvalue weighted by Gasteiger charge is 2.03. The van der Waals surface area contributed by atoms with E-state index in [4.69, 9.17) is 0 Å². The Hall–Kier alpha value is -2.23. The van der Waals surface area contributed by atoms with Crippen LogP contribution in [-0.4, -0.2) is 14.1 Å². The third-order valence-electron chi connectivity index (χ3n) is 3.00. The lowest BCUT2D eigenvalue weighted by molar-refractivity contribution is 1.34. The van der Waals surface area contributed by atoms with Crippen molar-refractivity contribution in [2.24, 2.45) is 10.2 Å². The van der Waals surface area contributed by atoms with E-state index < -0.39 is 0 Å². The van der Waals surface area contributed by atoms with Gasteiger partial charge in [-0.3, -0.25) is 4.99 Å². The molecule has 2 rings (SSSR count). The van der Waals surface area contributed by atoms with Gasteiger partial charge < -0.3 is 0 Å². The summed E-state index contributed by atoms with van der Waals surface area (Å²) in [5.74, 6) is 0. The first-order chi connectivity index (χ1) is 9.11. The molecule has 0 N–H and O–H groups in total. The van der Waals surface area contributed by atoms with Gasteiger partial charge in [-0.1, -0.05) is 35.8 Å². The van der Waals surface area contributed by atoms with Crippen LogP contribution in [0.15, 0.2) is 46.6 Å². The van der Waals surface area contributed by atoms with Crippen molar-refractivity contribution in [1.82, 2.24) is 0 Å². The summed E-state index contributed by atoms with van der Waals surface area (Å²) in [7, 11) is 2.07. The molecule has 0 amide bonds. The predicted molar refractivity (Wildman–Crippen MR) is 83.2 cm³/mol. The van der Waals surface area contributed by atoms with Crippen molar-refractivity contribution in [3.8, 4) is 0 Å². The Morgan fingerprint density at radius 2 is 1.74 bits per heavy atom. The second kappa shape index (κ2) is 5.61. The van der Waals surface area contributed by atoms with Crippen LogP contribution in [0.5, 0.6) is 0 Å². The number of benzene rings is 2. The van der Waals surface area contributed by atoms with E-state index in [9.17, 15) is 4.91 Å². The van der Waals surface area contributed by atoms with Gasteiger partial charge in [0.15, 0.2) is 0 Å². The quantitative estimate of drug-likeness (QED) is 0.469. The Balaban J connectivity index is 2.41. The first kappa shape index (κ1) is 13.2. The summed E-state index contributed by atoms with van der Waals surface area (Å²) >= 11 is 0. The lowest BCUT2D eigenvalue weighted by Gasteiger charge is -2.06. The van der Waals surface area contributed by atoms with E-state index in [2.05, 4.69) is 30.1 Å². The molecule has 0 aliphatic heterocycles. The molecule has 2 aromatic carbocycles. The van der Waals surface area contributed by atoms with Gasteiger partial charge in [0.05, 0.1) is 5.69 Å². The van der Waals surface area contributed by atoms with Crippen molar-refractivity contribution in [2.45, 2.75) is 13.8 Å². The minimum Gasteiger partial charge on any atom is -0.256 e. The topological polar surface area (TPSA) is 41.8 Å². The molecule has 0 unspecified atom stereocenters. The van der Waals surface area contributed by atoms with Gasteiger partial charge in [0.2, 0.25) is 0 Å². The molecule has 0 aromatic heterocycles. The molecule has 0 radical (unpaired) electrons. The molecule has 0 fully saturated rings. The predicted octanol–water partition coefficient (Wildman–Crippen LogP) is 2.71. The fraction of sp³-hybridized carbons (Fsp3) is 0.133. The van der Waals surface area contributed by atoms with Gasteiger partial charge in [-0.2, -0.15) is 0 Å². The number of hydrogen-bond donors (Lipinski definition) is 0. The highest BCUT2D eigenvalue weighted by Crippen LogP contribution is 2.23. The smallest absolute Gasteiger partial charge is 0.139 e. The second-order valence-corrected chi connectivity index (χ2v) is 4.66. The van der Waals surface area contributed by atoms with Gasteiger partial charge in [-0.25, -0.2) is 0 Å². The summed E-state index contributed by atoms with van der Waals surface area (Å²) in [4.78, 5) is 15.2. The van der Waals surface area contributed by atoms with Crippen LogP contribution in [0.1, 0.15) is 16.7 Å². The Labute approximate surface area is 113 Å². The summed E-state index contributed by atoms with van der Waals surface area (Å²) in [5.41, 5.74) is 5.58. The molecular formula is C15H15BN2O. The summed E-state index contributed by atoms with van der Waals surface area (Å²) in [6.07, 6.45) is 1.70. The maximum atomic E-state index is 10.7. The Bertz CT molecular complexity index is 627. The molecule has 0 aliphatic rings. The van der Waals surface area contributed by atoms with Crippen molar-refractivity contribution < 1.29 is 0 Å². The fourth-order valence-electron chi connectivity index (χ4n) is 2.19. The van der Waals surface area contributed by atoms with E-state index in [1.165, 1.54) is 5.46 Å².